The molecule has 2 aromatic rings. The van der Waals surface area contributed by atoms with Crippen LogP contribution in [-0.4, -0.2) is 40.4 Å². The lowest BCUT2D eigenvalue weighted by Gasteiger charge is -2.18. The van der Waals surface area contributed by atoms with E-state index in [4.69, 9.17) is 9.73 Å². The fraction of sp³-hybridized carbons (Fsp3) is 0.478. The van der Waals surface area contributed by atoms with Crippen molar-refractivity contribution in [3.8, 4) is 0 Å². The van der Waals surface area contributed by atoms with Gasteiger partial charge in [-0.15, -0.1) is 0 Å². The Morgan fingerprint density at radius 3 is 2.53 bits per heavy atom. The highest BCUT2D eigenvalue weighted by Crippen LogP contribution is 2.22. The Balaban J connectivity index is 1.99. The highest BCUT2D eigenvalue weighted by molar-refractivity contribution is 6.01. The summed E-state index contributed by atoms with van der Waals surface area (Å²) < 4.78 is 6.41. The van der Waals surface area contributed by atoms with E-state index >= 15 is 0 Å². The first-order valence-corrected chi connectivity index (χ1v) is 10.4. The molecule has 7 heteroatoms. The largest absolute Gasteiger partial charge is 0.465 e. The van der Waals surface area contributed by atoms with Gasteiger partial charge in [0, 0.05) is 18.8 Å². The summed E-state index contributed by atoms with van der Waals surface area (Å²) in [6.07, 6.45) is 7.27. The Morgan fingerprint density at radius 1 is 1.20 bits per heavy atom. The molecule has 1 aliphatic carbocycles. The number of hydrogen-bond donors (Lipinski definition) is 1. The van der Waals surface area contributed by atoms with Gasteiger partial charge in [-0.1, -0.05) is 19.3 Å². The second kappa shape index (κ2) is 9.24. The van der Waals surface area contributed by atoms with Gasteiger partial charge in [0.05, 0.1) is 30.8 Å². The molecule has 1 saturated carbocycles. The maximum atomic E-state index is 13.2. The van der Waals surface area contributed by atoms with Crippen molar-refractivity contribution in [1.82, 2.24) is 9.55 Å². The molecule has 0 bridgehead atoms. The molecule has 0 amide bonds. The summed E-state index contributed by atoms with van der Waals surface area (Å²) in [7, 11) is 1.28. The number of nitrogens with zero attached hydrogens (tertiary/aromatic N) is 2. The molecule has 0 aliphatic heterocycles. The number of H-pyrrole nitrogens is 1. The first kappa shape index (κ1) is 21.7. The van der Waals surface area contributed by atoms with Crippen LogP contribution in [0.15, 0.2) is 23.3 Å². The second-order valence-corrected chi connectivity index (χ2v) is 7.95. The zero-order chi connectivity index (χ0) is 21.8. The molecule has 0 aromatic carbocycles. The number of ketones is 1. The summed E-state index contributed by atoms with van der Waals surface area (Å²) in [4.78, 5) is 45.2. The number of hydrogen-bond acceptors (Lipinski definition) is 5. The smallest absolute Gasteiger partial charge is 0.339 e. The number of ether oxygens (including phenoxy) is 1. The van der Waals surface area contributed by atoms with Crippen LogP contribution in [0.4, 0.5) is 0 Å². The number of carbonyl (C=O) groups excluding carboxylic acids is 3. The summed E-state index contributed by atoms with van der Waals surface area (Å²) in [6, 6.07) is 4.00. The van der Waals surface area contributed by atoms with E-state index < -0.39 is 5.97 Å². The maximum Gasteiger partial charge on any atom is 0.339 e. The zero-order valence-corrected chi connectivity index (χ0v) is 18.1. The van der Waals surface area contributed by atoms with Crippen molar-refractivity contribution in [2.24, 2.45) is 4.99 Å². The number of Topliss-reactive ketones (excluding diaryl/α,β-unsaturated/α-hetero) is 1. The molecule has 0 atom stereocenters. The molecule has 1 aliphatic rings. The van der Waals surface area contributed by atoms with Crippen molar-refractivity contribution in [2.75, 3.05) is 7.11 Å². The molecule has 0 radical (unpaired) electrons. The van der Waals surface area contributed by atoms with Gasteiger partial charge in [0.2, 0.25) is 5.91 Å². The number of esters is 1. The lowest BCUT2D eigenvalue weighted by Crippen LogP contribution is -2.30. The third-order valence-corrected chi connectivity index (χ3v) is 5.65. The van der Waals surface area contributed by atoms with Crippen LogP contribution in [0.2, 0.25) is 0 Å². The van der Waals surface area contributed by atoms with E-state index in [0.29, 0.717) is 22.4 Å². The molecule has 2 aromatic heterocycles. The van der Waals surface area contributed by atoms with Crippen LogP contribution in [0.5, 0.6) is 0 Å². The number of pyridine rings is 1. The van der Waals surface area contributed by atoms with Gasteiger partial charge < -0.3 is 9.72 Å². The van der Waals surface area contributed by atoms with Crippen molar-refractivity contribution in [2.45, 2.75) is 65.3 Å². The van der Waals surface area contributed by atoms with Gasteiger partial charge >= 0.3 is 5.97 Å². The molecule has 2 heterocycles. The van der Waals surface area contributed by atoms with Gasteiger partial charge in [-0.25, -0.2) is 4.79 Å². The van der Waals surface area contributed by atoms with Crippen molar-refractivity contribution < 1.29 is 19.1 Å². The third kappa shape index (κ3) is 4.61. The van der Waals surface area contributed by atoms with Crippen LogP contribution >= 0.6 is 0 Å². The van der Waals surface area contributed by atoms with Crippen molar-refractivity contribution >= 4 is 17.7 Å². The number of nitrogens with one attached hydrogen (secondary N) is 1. The number of methoxy groups -OCH3 is 1. The van der Waals surface area contributed by atoms with Gasteiger partial charge in [0.15, 0.2) is 5.78 Å². The Morgan fingerprint density at radius 2 is 1.90 bits per heavy atom. The predicted octanol–water partition coefficient (Wildman–Crippen LogP) is 3.54. The Kier molecular flexibility index (Phi) is 6.70. The molecule has 0 spiro atoms. The van der Waals surface area contributed by atoms with Gasteiger partial charge in [0.1, 0.15) is 5.49 Å². The first-order valence-electron chi connectivity index (χ1n) is 10.4. The molecule has 0 saturated heterocycles. The van der Waals surface area contributed by atoms with Crippen molar-refractivity contribution in [1.29, 1.82) is 0 Å². The van der Waals surface area contributed by atoms with Crippen LogP contribution in [0.25, 0.3) is 0 Å². The van der Waals surface area contributed by atoms with E-state index in [1.165, 1.54) is 25.0 Å². The van der Waals surface area contributed by atoms with E-state index in [9.17, 15) is 14.4 Å². The minimum atomic E-state index is -0.569. The molecule has 1 fully saturated rings. The molecule has 30 heavy (non-hydrogen) atoms. The third-order valence-electron chi connectivity index (χ3n) is 5.65. The average molecular weight is 412 g/mol. The number of aromatic nitrogens is 2. The van der Waals surface area contributed by atoms with E-state index in [0.717, 1.165) is 31.2 Å². The summed E-state index contributed by atoms with van der Waals surface area (Å²) in [6.45, 7) is 5.06. The lowest BCUT2D eigenvalue weighted by atomic mass is 9.96. The van der Waals surface area contributed by atoms with Crippen LogP contribution in [0, 0.1) is 13.8 Å². The standard InChI is InChI=1S/C23H29N3O4/c1-14-10-11-26(19(12-14)24-17-8-6-5-7-9-17)20(28)13-18-21(23(29)30-4)15(2)22(25-18)16(3)27/h10-12,17,25H,5-9,13H2,1-4H3. The lowest BCUT2D eigenvalue weighted by molar-refractivity contribution is 0.0599. The zero-order valence-electron chi connectivity index (χ0n) is 18.1. The number of carbonyl (C=O) groups is 3. The predicted molar refractivity (Wildman–Crippen MR) is 113 cm³/mol. The van der Waals surface area contributed by atoms with E-state index in [1.807, 2.05) is 19.1 Å². The SMILES string of the molecule is COC(=O)c1c(CC(=O)n2ccc(C)cc2=NC2CCCCC2)[nH]c(C(C)=O)c1C. The quantitative estimate of drug-likeness (QED) is 0.601. The summed E-state index contributed by atoms with van der Waals surface area (Å²) in [5.41, 5.74) is 3.10. The van der Waals surface area contributed by atoms with E-state index in [-0.39, 0.29) is 29.7 Å². The molecule has 0 unspecified atom stereocenters. The monoisotopic (exact) mass is 411 g/mol. The summed E-state index contributed by atoms with van der Waals surface area (Å²) in [5, 5.41) is 0. The highest BCUT2D eigenvalue weighted by Gasteiger charge is 2.25. The Hall–Kier alpha value is -2.96. The fourth-order valence-electron chi connectivity index (χ4n) is 4.06. The minimum Gasteiger partial charge on any atom is -0.465 e. The Labute approximate surface area is 176 Å². The number of aryl methyl sites for hydroxylation is 1. The van der Waals surface area contributed by atoms with Crippen LogP contribution in [0.3, 0.4) is 0 Å². The molecule has 160 valence electrons. The molecule has 7 nitrogen and oxygen atoms in total. The summed E-state index contributed by atoms with van der Waals surface area (Å²) in [5.74, 6) is -1.00. The van der Waals surface area contributed by atoms with Gasteiger partial charge in [-0.3, -0.25) is 19.1 Å². The number of aromatic amines is 1. The van der Waals surface area contributed by atoms with Gasteiger partial charge in [0.25, 0.3) is 0 Å². The van der Waals surface area contributed by atoms with Crippen molar-refractivity contribution in [3.05, 3.63) is 51.9 Å². The average Bonchev–Trinajstić information content (AvgIpc) is 3.04. The maximum absolute atomic E-state index is 13.2. The topological polar surface area (TPSA) is 93.5 Å². The highest BCUT2D eigenvalue weighted by atomic mass is 16.5. The van der Waals surface area contributed by atoms with E-state index in [2.05, 4.69) is 4.98 Å². The number of rotatable bonds is 5. The minimum absolute atomic E-state index is 0.0700. The van der Waals surface area contributed by atoms with Crippen LogP contribution < -0.4 is 5.49 Å². The molecular formula is C23H29N3O4. The summed E-state index contributed by atoms with van der Waals surface area (Å²) >= 11 is 0. The van der Waals surface area contributed by atoms with Crippen LogP contribution in [-0.2, 0) is 11.2 Å². The van der Waals surface area contributed by atoms with Gasteiger partial charge in [-0.05, 0) is 49.9 Å². The second-order valence-electron chi connectivity index (χ2n) is 7.95. The van der Waals surface area contributed by atoms with Crippen LogP contribution in [0.1, 0.15) is 81.5 Å². The molecule has 3 rings (SSSR count). The van der Waals surface area contributed by atoms with E-state index in [1.54, 1.807) is 13.1 Å². The Bertz CT molecular complexity index is 1040. The normalized spacial score (nSPS) is 15.3. The van der Waals surface area contributed by atoms with Crippen molar-refractivity contribution in [3.63, 3.8) is 0 Å². The molecular weight excluding hydrogens is 382 g/mol. The molecule has 1 N–H and O–H groups in total. The first-order chi connectivity index (χ1) is 14.3. The van der Waals surface area contributed by atoms with Gasteiger partial charge in [-0.2, -0.15) is 0 Å². The fourth-order valence-corrected chi connectivity index (χ4v) is 4.06.